The minimum absolute atomic E-state index is 0.135. The Labute approximate surface area is 122 Å². The lowest BCUT2D eigenvalue weighted by Gasteiger charge is -2.33. The number of hydrogen-bond donors (Lipinski definition) is 1. The number of aryl methyl sites for hydroxylation is 1. The summed E-state index contributed by atoms with van der Waals surface area (Å²) in [4.78, 5) is 2.51. The molecule has 0 spiro atoms. The van der Waals surface area contributed by atoms with Crippen LogP contribution in [0.25, 0.3) is 0 Å². The van der Waals surface area contributed by atoms with Gasteiger partial charge in [0, 0.05) is 19.1 Å². The van der Waals surface area contributed by atoms with Gasteiger partial charge in [-0.3, -0.25) is 4.90 Å². The molecule has 1 fully saturated rings. The van der Waals surface area contributed by atoms with Crippen LogP contribution in [0.2, 0.25) is 0 Å². The number of benzene rings is 1. The molecule has 3 heteroatoms. The van der Waals surface area contributed by atoms with Crippen molar-refractivity contribution in [2.45, 2.75) is 46.2 Å². The van der Waals surface area contributed by atoms with Crippen LogP contribution < -0.4 is 5.32 Å². The second-order valence-electron chi connectivity index (χ2n) is 6.38. The molecule has 0 aliphatic carbocycles. The van der Waals surface area contributed by atoms with Crippen molar-refractivity contribution in [1.29, 1.82) is 0 Å². The summed E-state index contributed by atoms with van der Waals surface area (Å²) in [6, 6.07) is 5.70. The van der Waals surface area contributed by atoms with E-state index in [0.29, 0.717) is 6.04 Å². The Morgan fingerprint density at radius 3 is 2.90 bits per heavy atom. The van der Waals surface area contributed by atoms with Crippen molar-refractivity contribution in [2.24, 2.45) is 5.92 Å². The first-order valence-electron chi connectivity index (χ1n) is 7.75. The maximum Gasteiger partial charge on any atom is 0.123 e. The van der Waals surface area contributed by atoms with Crippen LogP contribution in [-0.2, 0) is 6.54 Å². The molecule has 1 unspecified atom stereocenters. The van der Waals surface area contributed by atoms with E-state index in [1.807, 2.05) is 13.0 Å². The molecule has 1 aliphatic rings. The molecule has 0 saturated carbocycles. The van der Waals surface area contributed by atoms with Gasteiger partial charge in [-0.2, -0.15) is 0 Å². The first-order valence-corrected chi connectivity index (χ1v) is 7.75. The van der Waals surface area contributed by atoms with E-state index < -0.39 is 0 Å². The number of piperidine rings is 1. The Morgan fingerprint density at radius 2 is 2.20 bits per heavy atom. The van der Waals surface area contributed by atoms with Crippen LogP contribution in [0.5, 0.6) is 0 Å². The van der Waals surface area contributed by atoms with Gasteiger partial charge in [-0.15, -0.1) is 0 Å². The molecule has 1 heterocycles. The van der Waals surface area contributed by atoms with Crippen LogP contribution in [-0.4, -0.2) is 30.6 Å². The molecule has 1 aromatic rings. The van der Waals surface area contributed by atoms with Crippen LogP contribution in [0.1, 0.15) is 37.8 Å². The SMILES string of the molecule is Cc1cc(F)ccc1CN1CCCC(CNC(C)C)C1. The lowest BCUT2D eigenvalue weighted by molar-refractivity contribution is 0.163. The van der Waals surface area contributed by atoms with Gasteiger partial charge in [0.05, 0.1) is 0 Å². The molecule has 1 saturated heterocycles. The highest BCUT2D eigenvalue weighted by molar-refractivity contribution is 5.26. The topological polar surface area (TPSA) is 15.3 Å². The predicted molar refractivity (Wildman–Crippen MR) is 82.3 cm³/mol. The fourth-order valence-corrected chi connectivity index (χ4v) is 2.94. The Morgan fingerprint density at radius 1 is 1.40 bits per heavy atom. The minimum Gasteiger partial charge on any atom is -0.314 e. The molecule has 2 rings (SSSR count). The van der Waals surface area contributed by atoms with Crippen LogP contribution in [0.3, 0.4) is 0 Å². The third-order valence-electron chi connectivity index (χ3n) is 4.12. The smallest absolute Gasteiger partial charge is 0.123 e. The monoisotopic (exact) mass is 278 g/mol. The lowest BCUT2D eigenvalue weighted by Crippen LogP contribution is -2.40. The highest BCUT2D eigenvalue weighted by atomic mass is 19.1. The van der Waals surface area contributed by atoms with Gasteiger partial charge in [0.15, 0.2) is 0 Å². The van der Waals surface area contributed by atoms with Crippen molar-refractivity contribution in [3.8, 4) is 0 Å². The molecule has 1 aromatic carbocycles. The number of rotatable bonds is 5. The molecular formula is C17H27FN2. The second kappa shape index (κ2) is 7.19. The van der Waals surface area contributed by atoms with E-state index >= 15 is 0 Å². The molecule has 2 nitrogen and oxygen atoms in total. The highest BCUT2D eigenvalue weighted by Crippen LogP contribution is 2.20. The van der Waals surface area contributed by atoms with Gasteiger partial charge in [-0.1, -0.05) is 19.9 Å². The first kappa shape index (κ1) is 15.5. The third kappa shape index (κ3) is 4.57. The summed E-state index contributed by atoms with van der Waals surface area (Å²) in [6.07, 6.45) is 2.59. The van der Waals surface area contributed by atoms with Crippen molar-refractivity contribution in [2.75, 3.05) is 19.6 Å². The molecular weight excluding hydrogens is 251 g/mol. The molecule has 0 aromatic heterocycles. The number of nitrogens with zero attached hydrogens (tertiary/aromatic N) is 1. The molecule has 0 radical (unpaired) electrons. The molecule has 0 bridgehead atoms. The molecule has 1 atom stereocenters. The highest BCUT2D eigenvalue weighted by Gasteiger charge is 2.20. The Bertz CT molecular complexity index is 431. The summed E-state index contributed by atoms with van der Waals surface area (Å²) in [6.45, 7) is 10.8. The van der Waals surface area contributed by atoms with Crippen LogP contribution in [0.15, 0.2) is 18.2 Å². The zero-order valence-electron chi connectivity index (χ0n) is 13.0. The Hall–Kier alpha value is -0.930. The van der Waals surface area contributed by atoms with Gasteiger partial charge in [0.25, 0.3) is 0 Å². The molecule has 0 amide bonds. The van der Waals surface area contributed by atoms with Crippen molar-refractivity contribution < 1.29 is 4.39 Å². The summed E-state index contributed by atoms with van der Waals surface area (Å²) in [7, 11) is 0. The van der Waals surface area contributed by atoms with Gasteiger partial charge in [0.2, 0.25) is 0 Å². The standard InChI is InChI=1S/C17H27FN2/c1-13(2)19-10-15-5-4-8-20(11-15)12-16-6-7-17(18)9-14(16)3/h6-7,9,13,15,19H,4-5,8,10-12H2,1-3H3. The van der Waals surface area contributed by atoms with E-state index in [4.69, 9.17) is 0 Å². The number of hydrogen-bond acceptors (Lipinski definition) is 2. The first-order chi connectivity index (χ1) is 9.54. The zero-order chi connectivity index (χ0) is 14.5. The summed E-state index contributed by atoms with van der Waals surface area (Å²) in [5, 5.41) is 3.54. The number of halogens is 1. The lowest BCUT2D eigenvalue weighted by atomic mass is 9.96. The van der Waals surface area contributed by atoms with Gasteiger partial charge in [-0.25, -0.2) is 4.39 Å². The van der Waals surface area contributed by atoms with Gasteiger partial charge >= 0.3 is 0 Å². The van der Waals surface area contributed by atoms with Crippen molar-refractivity contribution in [1.82, 2.24) is 10.2 Å². The third-order valence-corrected chi connectivity index (χ3v) is 4.12. The summed E-state index contributed by atoms with van der Waals surface area (Å²) in [5.74, 6) is 0.607. The maximum absolute atomic E-state index is 13.1. The van der Waals surface area contributed by atoms with Crippen molar-refractivity contribution in [3.63, 3.8) is 0 Å². The van der Waals surface area contributed by atoms with E-state index in [9.17, 15) is 4.39 Å². The van der Waals surface area contributed by atoms with E-state index in [2.05, 4.69) is 24.1 Å². The van der Waals surface area contributed by atoms with E-state index in [-0.39, 0.29) is 5.82 Å². The van der Waals surface area contributed by atoms with Gasteiger partial charge in [0.1, 0.15) is 5.82 Å². The van der Waals surface area contributed by atoms with Gasteiger partial charge < -0.3 is 5.32 Å². The average molecular weight is 278 g/mol. The number of nitrogens with one attached hydrogen (secondary N) is 1. The Kier molecular flexibility index (Phi) is 5.55. The normalized spacial score (nSPS) is 20.6. The minimum atomic E-state index is -0.135. The Balaban J connectivity index is 1.89. The van der Waals surface area contributed by atoms with E-state index in [1.54, 1.807) is 12.1 Å². The van der Waals surface area contributed by atoms with E-state index in [1.165, 1.54) is 18.4 Å². The van der Waals surface area contributed by atoms with Crippen molar-refractivity contribution >= 4 is 0 Å². The van der Waals surface area contributed by atoms with Gasteiger partial charge in [-0.05, 0) is 62.0 Å². The van der Waals surface area contributed by atoms with Crippen molar-refractivity contribution in [3.05, 3.63) is 35.1 Å². The quantitative estimate of drug-likeness (QED) is 0.888. The predicted octanol–water partition coefficient (Wildman–Crippen LogP) is 3.34. The summed E-state index contributed by atoms with van der Waals surface area (Å²) >= 11 is 0. The average Bonchev–Trinajstić information content (AvgIpc) is 2.40. The molecule has 112 valence electrons. The maximum atomic E-state index is 13.1. The zero-order valence-corrected chi connectivity index (χ0v) is 13.0. The van der Waals surface area contributed by atoms with Crippen LogP contribution in [0, 0.1) is 18.7 Å². The van der Waals surface area contributed by atoms with Crippen LogP contribution >= 0.6 is 0 Å². The van der Waals surface area contributed by atoms with Crippen LogP contribution in [0.4, 0.5) is 4.39 Å². The molecule has 1 N–H and O–H groups in total. The molecule has 1 aliphatic heterocycles. The fraction of sp³-hybridized carbons (Fsp3) is 0.647. The number of likely N-dealkylation sites (tertiary alicyclic amines) is 1. The van der Waals surface area contributed by atoms with E-state index in [0.717, 1.165) is 37.7 Å². The fourth-order valence-electron chi connectivity index (χ4n) is 2.94. The molecule has 20 heavy (non-hydrogen) atoms. The summed E-state index contributed by atoms with van der Waals surface area (Å²) < 4.78 is 13.1. The summed E-state index contributed by atoms with van der Waals surface area (Å²) in [5.41, 5.74) is 2.32. The second-order valence-corrected chi connectivity index (χ2v) is 6.38. The largest absolute Gasteiger partial charge is 0.314 e.